The summed E-state index contributed by atoms with van der Waals surface area (Å²) in [4.78, 5) is 28.1. The molecule has 2 heterocycles. The predicted octanol–water partition coefficient (Wildman–Crippen LogP) is 0.810. The smallest absolute Gasteiger partial charge is 0.227 e. The standard InChI is InChI=1S/C17H21FN2O3/c18-14-5-3-12(4-6-14)8-16(22)19-7-1-2-13(9-19)17(23)20-10-15(21)11-20/h3-6,13,15,21H,1-2,7-11H2. The van der Waals surface area contributed by atoms with E-state index in [0.29, 0.717) is 26.2 Å². The van der Waals surface area contributed by atoms with E-state index in [1.807, 2.05) is 0 Å². The highest BCUT2D eigenvalue weighted by molar-refractivity contribution is 5.83. The maximum atomic E-state index is 12.9. The Bertz CT molecular complexity index is 584. The number of amides is 2. The summed E-state index contributed by atoms with van der Waals surface area (Å²) >= 11 is 0. The molecular weight excluding hydrogens is 299 g/mol. The monoisotopic (exact) mass is 320 g/mol. The molecule has 0 radical (unpaired) electrons. The number of rotatable bonds is 3. The van der Waals surface area contributed by atoms with E-state index in [4.69, 9.17) is 0 Å². The van der Waals surface area contributed by atoms with Gasteiger partial charge in [0.25, 0.3) is 0 Å². The highest BCUT2D eigenvalue weighted by atomic mass is 19.1. The van der Waals surface area contributed by atoms with Crippen molar-refractivity contribution in [3.05, 3.63) is 35.6 Å². The summed E-state index contributed by atoms with van der Waals surface area (Å²) in [6.45, 7) is 1.90. The molecule has 1 aromatic carbocycles. The highest BCUT2D eigenvalue weighted by Crippen LogP contribution is 2.22. The Morgan fingerprint density at radius 1 is 1.13 bits per heavy atom. The summed E-state index contributed by atoms with van der Waals surface area (Å²) in [6.07, 6.45) is 1.41. The fraction of sp³-hybridized carbons (Fsp3) is 0.529. The van der Waals surface area contributed by atoms with Crippen LogP contribution in [0.1, 0.15) is 18.4 Å². The van der Waals surface area contributed by atoms with Crippen LogP contribution in [0.2, 0.25) is 0 Å². The minimum atomic E-state index is -0.404. The number of carbonyl (C=O) groups is 2. The largest absolute Gasteiger partial charge is 0.389 e. The van der Waals surface area contributed by atoms with Gasteiger partial charge < -0.3 is 14.9 Å². The first-order chi connectivity index (χ1) is 11.0. The van der Waals surface area contributed by atoms with Gasteiger partial charge in [-0.15, -0.1) is 0 Å². The number of carbonyl (C=O) groups excluding carboxylic acids is 2. The molecule has 1 unspecified atom stereocenters. The van der Waals surface area contributed by atoms with Crippen molar-refractivity contribution in [2.75, 3.05) is 26.2 Å². The van der Waals surface area contributed by atoms with Crippen LogP contribution in [0.15, 0.2) is 24.3 Å². The maximum Gasteiger partial charge on any atom is 0.227 e. The molecule has 6 heteroatoms. The third-order valence-corrected chi connectivity index (χ3v) is 4.57. The molecule has 1 N–H and O–H groups in total. The first-order valence-corrected chi connectivity index (χ1v) is 8.02. The van der Waals surface area contributed by atoms with Crippen molar-refractivity contribution in [1.82, 2.24) is 9.80 Å². The van der Waals surface area contributed by atoms with Crippen LogP contribution in [0.25, 0.3) is 0 Å². The molecule has 0 bridgehead atoms. The van der Waals surface area contributed by atoms with Gasteiger partial charge in [0.2, 0.25) is 11.8 Å². The molecule has 5 nitrogen and oxygen atoms in total. The average molecular weight is 320 g/mol. The van der Waals surface area contributed by atoms with Crippen LogP contribution in [0, 0.1) is 11.7 Å². The topological polar surface area (TPSA) is 60.9 Å². The summed E-state index contributed by atoms with van der Waals surface area (Å²) in [7, 11) is 0. The highest BCUT2D eigenvalue weighted by Gasteiger charge is 2.36. The van der Waals surface area contributed by atoms with Crippen molar-refractivity contribution in [2.45, 2.75) is 25.4 Å². The van der Waals surface area contributed by atoms with E-state index in [2.05, 4.69) is 0 Å². The lowest BCUT2D eigenvalue weighted by Crippen LogP contribution is -2.57. The number of β-amino-alcohol motifs (C(OH)–C–C–N with tert-alkyl or cyclic N) is 1. The average Bonchev–Trinajstić information content (AvgIpc) is 2.53. The Kier molecular flexibility index (Phi) is 4.61. The van der Waals surface area contributed by atoms with Gasteiger partial charge in [-0.25, -0.2) is 4.39 Å². The molecule has 2 aliphatic rings. The van der Waals surface area contributed by atoms with Gasteiger partial charge in [0, 0.05) is 26.2 Å². The van der Waals surface area contributed by atoms with Crippen LogP contribution < -0.4 is 0 Å². The zero-order chi connectivity index (χ0) is 16.4. The Labute approximate surface area is 134 Å². The second kappa shape index (κ2) is 6.66. The van der Waals surface area contributed by atoms with Crippen LogP contribution in [-0.4, -0.2) is 59.0 Å². The number of likely N-dealkylation sites (tertiary alicyclic amines) is 2. The van der Waals surface area contributed by atoms with Crippen molar-refractivity contribution in [3.8, 4) is 0 Å². The van der Waals surface area contributed by atoms with E-state index in [1.54, 1.807) is 21.9 Å². The number of benzene rings is 1. The summed E-state index contributed by atoms with van der Waals surface area (Å²) in [5.74, 6) is -0.484. The zero-order valence-corrected chi connectivity index (χ0v) is 12.9. The van der Waals surface area contributed by atoms with E-state index in [0.717, 1.165) is 18.4 Å². The van der Waals surface area contributed by atoms with Crippen LogP contribution in [-0.2, 0) is 16.0 Å². The number of aliphatic hydroxyl groups excluding tert-OH is 1. The van der Waals surface area contributed by atoms with Gasteiger partial charge in [0.15, 0.2) is 0 Å². The van der Waals surface area contributed by atoms with Crippen LogP contribution in [0.3, 0.4) is 0 Å². The van der Waals surface area contributed by atoms with Crippen LogP contribution >= 0.6 is 0 Å². The van der Waals surface area contributed by atoms with Gasteiger partial charge in [-0.3, -0.25) is 9.59 Å². The van der Waals surface area contributed by atoms with E-state index < -0.39 is 6.10 Å². The SMILES string of the molecule is O=C(Cc1ccc(F)cc1)N1CCCC(C(=O)N2CC(O)C2)C1. The molecule has 1 atom stereocenters. The van der Waals surface area contributed by atoms with E-state index in [9.17, 15) is 19.1 Å². The molecule has 124 valence electrons. The van der Waals surface area contributed by atoms with Crippen molar-refractivity contribution in [1.29, 1.82) is 0 Å². The Balaban J connectivity index is 1.56. The quantitative estimate of drug-likeness (QED) is 0.896. The molecular formula is C17H21FN2O3. The predicted molar refractivity (Wildman–Crippen MR) is 82.0 cm³/mol. The zero-order valence-electron chi connectivity index (χ0n) is 12.9. The number of nitrogens with zero attached hydrogens (tertiary/aromatic N) is 2. The second-order valence-corrected chi connectivity index (χ2v) is 6.38. The van der Waals surface area contributed by atoms with Gasteiger partial charge in [-0.1, -0.05) is 12.1 Å². The number of hydrogen-bond acceptors (Lipinski definition) is 3. The normalized spacial score (nSPS) is 21.9. The Morgan fingerprint density at radius 3 is 2.48 bits per heavy atom. The maximum absolute atomic E-state index is 12.9. The van der Waals surface area contributed by atoms with Crippen molar-refractivity contribution in [2.24, 2.45) is 5.92 Å². The Morgan fingerprint density at radius 2 is 1.83 bits per heavy atom. The van der Waals surface area contributed by atoms with Gasteiger partial charge >= 0.3 is 0 Å². The molecule has 3 rings (SSSR count). The molecule has 23 heavy (non-hydrogen) atoms. The third-order valence-electron chi connectivity index (χ3n) is 4.57. The molecule has 0 saturated carbocycles. The minimum Gasteiger partial charge on any atom is -0.389 e. The number of hydrogen-bond donors (Lipinski definition) is 1. The van der Waals surface area contributed by atoms with E-state index in [1.165, 1.54) is 12.1 Å². The summed E-state index contributed by atoms with van der Waals surface area (Å²) < 4.78 is 12.9. The fourth-order valence-corrected chi connectivity index (χ4v) is 3.19. The number of halogens is 1. The van der Waals surface area contributed by atoms with E-state index >= 15 is 0 Å². The molecule has 2 aliphatic heterocycles. The van der Waals surface area contributed by atoms with Crippen molar-refractivity contribution >= 4 is 11.8 Å². The summed E-state index contributed by atoms with van der Waals surface area (Å²) in [5.41, 5.74) is 0.774. The van der Waals surface area contributed by atoms with Crippen molar-refractivity contribution in [3.63, 3.8) is 0 Å². The summed E-state index contributed by atoms with van der Waals surface area (Å²) in [6, 6.07) is 5.92. The summed E-state index contributed by atoms with van der Waals surface area (Å²) in [5, 5.41) is 9.30. The van der Waals surface area contributed by atoms with Gasteiger partial charge in [-0.2, -0.15) is 0 Å². The Hall–Kier alpha value is -1.95. The molecule has 2 saturated heterocycles. The first-order valence-electron chi connectivity index (χ1n) is 8.02. The third kappa shape index (κ3) is 3.69. The lowest BCUT2D eigenvalue weighted by atomic mass is 9.94. The molecule has 2 amide bonds. The lowest BCUT2D eigenvalue weighted by Gasteiger charge is -2.40. The molecule has 0 aliphatic carbocycles. The fourth-order valence-electron chi connectivity index (χ4n) is 3.19. The lowest BCUT2D eigenvalue weighted by molar-refractivity contribution is -0.149. The van der Waals surface area contributed by atoms with Gasteiger partial charge in [-0.05, 0) is 30.5 Å². The molecule has 2 fully saturated rings. The molecule has 0 aromatic heterocycles. The van der Waals surface area contributed by atoms with Gasteiger partial charge in [0.05, 0.1) is 18.4 Å². The second-order valence-electron chi connectivity index (χ2n) is 6.38. The first kappa shape index (κ1) is 15.9. The minimum absolute atomic E-state index is 0.0299. The number of piperidine rings is 1. The van der Waals surface area contributed by atoms with Crippen LogP contribution in [0.5, 0.6) is 0 Å². The van der Waals surface area contributed by atoms with Crippen LogP contribution in [0.4, 0.5) is 4.39 Å². The van der Waals surface area contributed by atoms with Gasteiger partial charge in [0.1, 0.15) is 5.82 Å². The van der Waals surface area contributed by atoms with E-state index in [-0.39, 0.29) is 30.0 Å². The molecule has 1 aromatic rings. The number of aliphatic hydroxyl groups is 1. The van der Waals surface area contributed by atoms with Crippen molar-refractivity contribution < 1.29 is 19.1 Å². The molecule has 0 spiro atoms.